The molecule has 34 heavy (non-hydrogen) atoms. The molecule has 0 bridgehead atoms. The molecule has 0 unspecified atom stereocenters. The van der Waals surface area contributed by atoms with Crippen molar-refractivity contribution < 1.29 is 14.3 Å². The highest BCUT2D eigenvalue weighted by atomic mass is 16.5. The van der Waals surface area contributed by atoms with Crippen LogP contribution in [0.5, 0.6) is 11.5 Å². The van der Waals surface area contributed by atoms with Crippen molar-refractivity contribution in [2.75, 3.05) is 63.9 Å². The molecule has 3 aliphatic rings. The number of anilines is 2. The summed E-state index contributed by atoms with van der Waals surface area (Å²) >= 11 is 0. The standard InChI is InChI=1S/C27H36N4O3/c28-23-15-19-20-16-24(29)26(34-14-12-31-9-5-2-6-10-31)18-22(20)27(32)21(19)17-25(23)33-13-11-30-7-3-1-4-8-30/h15-18H,1-14,28-29H2. The summed E-state index contributed by atoms with van der Waals surface area (Å²) in [5.74, 6) is 1.11. The lowest BCUT2D eigenvalue weighted by molar-refractivity contribution is 0.104. The Hall–Kier alpha value is -2.77. The van der Waals surface area contributed by atoms with E-state index in [2.05, 4.69) is 9.80 Å². The van der Waals surface area contributed by atoms with Gasteiger partial charge in [-0.2, -0.15) is 0 Å². The third kappa shape index (κ3) is 4.86. The number of likely N-dealkylation sites (tertiary alicyclic amines) is 2. The first kappa shape index (κ1) is 23.0. The molecule has 182 valence electrons. The van der Waals surface area contributed by atoms with Crippen molar-refractivity contribution in [1.29, 1.82) is 0 Å². The zero-order chi connectivity index (χ0) is 23.5. The third-order valence-corrected chi connectivity index (χ3v) is 7.31. The third-order valence-electron chi connectivity index (χ3n) is 7.31. The predicted octanol–water partition coefficient (Wildman–Crippen LogP) is 3.79. The van der Waals surface area contributed by atoms with Gasteiger partial charge in [0.1, 0.15) is 24.7 Å². The van der Waals surface area contributed by atoms with Crippen molar-refractivity contribution in [3.05, 3.63) is 35.4 Å². The van der Waals surface area contributed by atoms with E-state index in [0.29, 0.717) is 47.2 Å². The monoisotopic (exact) mass is 464 g/mol. The number of benzene rings is 2. The molecule has 2 aliphatic heterocycles. The van der Waals surface area contributed by atoms with Crippen molar-refractivity contribution >= 4 is 17.2 Å². The van der Waals surface area contributed by atoms with Crippen LogP contribution in [0.3, 0.4) is 0 Å². The molecule has 0 saturated carbocycles. The van der Waals surface area contributed by atoms with Gasteiger partial charge in [-0.05, 0) is 87.3 Å². The van der Waals surface area contributed by atoms with Crippen LogP contribution in [-0.4, -0.2) is 68.1 Å². The van der Waals surface area contributed by atoms with Crippen molar-refractivity contribution in [2.45, 2.75) is 38.5 Å². The number of nitrogens with zero attached hydrogens (tertiary/aromatic N) is 2. The van der Waals surface area contributed by atoms with Gasteiger partial charge in [-0.25, -0.2) is 0 Å². The van der Waals surface area contributed by atoms with E-state index in [-0.39, 0.29) is 5.78 Å². The van der Waals surface area contributed by atoms with Crippen LogP contribution in [0.4, 0.5) is 11.4 Å². The van der Waals surface area contributed by atoms with Gasteiger partial charge < -0.3 is 20.9 Å². The summed E-state index contributed by atoms with van der Waals surface area (Å²) in [5, 5.41) is 0. The maximum Gasteiger partial charge on any atom is 0.194 e. The van der Waals surface area contributed by atoms with E-state index in [4.69, 9.17) is 20.9 Å². The van der Waals surface area contributed by atoms with Gasteiger partial charge in [0.05, 0.1) is 11.4 Å². The van der Waals surface area contributed by atoms with Crippen molar-refractivity contribution in [2.24, 2.45) is 0 Å². The molecule has 0 aromatic heterocycles. The first-order chi connectivity index (χ1) is 16.6. The van der Waals surface area contributed by atoms with Crippen LogP contribution in [-0.2, 0) is 0 Å². The van der Waals surface area contributed by atoms with Crippen LogP contribution in [0, 0.1) is 0 Å². The number of hydrogen-bond donors (Lipinski definition) is 2. The predicted molar refractivity (Wildman–Crippen MR) is 136 cm³/mol. The number of hydrogen-bond acceptors (Lipinski definition) is 7. The maximum absolute atomic E-state index is 13.2. The van der Waals surface area contributed by atoms with E-state index < -0.39 is 0 Å². The smallest absolute Gasteiger partial charge is 0.194 e. The van der Waals surface area contributed by atoms with E-state index in [1.54, 1.807) is 12.1 Å². The molecule has 0 amide bonds. The Morgan fingerprint density at radius 1 is 0.618 bits per heavy atom. The zero-order valence-electron chi connectivity index (χ0n) is 20.0. The summed E-state index contributed by atoms with van der Waals surface area (Å²) in [6, 6.07) is 7.25. The fourth-order valence-electron chi connectivity index (χ4n) is 5.35. The number of ether oxygens (including phenoxy) is 2. The Balaban J connectivity index is 1.26. The average Bonchev–Trinajstić information content (AvgIpc) is 3.10. The van der Waals surface area contributed by atoms with Gasteiger partial charge in [-0.1, -0.05) is 12.8 Å². The van der Waals surface area contributed by atoms with Gasteiger partial charge in [0.2, 0.25) is 0 Å². The number of nitrogens with two attached hydrogens (primary N) is 2. The Labute approximate surface area is 202 Å². The van der Waals surface area contributed by atoms with E-state index >= 15 is 0 Å². The van der Waals surface area contributed by atoms with Crippen LogP contribution in [0.15, 0.2) is 24.3 Å². The molecular formula is C27H36N4O3. The summed E-state index contributed by atoms with van der Waals surface area (Å²) in [4.78, 5) is 18.1. The van der Waals surface area contributed by atoms with Gasteiger partial charge in [0, 0.05) is 24.2 Å². The number of carbonyl (C=O) groups is 1. The van der Waals surface area contributed by atoms with Crippen molar-refractivity contribution in [3.8, 4) is 22.6 Å². The number of piperidine rings is 2. The van der Waals surface area contributed by atoms with Gasteiger partial charge in [-0.3, -0.25) is 14.6 Å². The number of carbonyl (C=O) groups excluding carboxylic acids is 1. The molecule has 2 fully saturated rings. The van der Waals surface area contributed by atoms with Gasteiger partial charge in [0.25, 0.3) is 0 Å². The van der Waals surface area contributed by atoms with Crippen LogP contribution in [0.2, 0.25) is 0 Å². The molecule has 7 heteroatoms. The molecular weight excluding hydrogens is 428 g/mol. The Bertz CT molecular complexity index is 961. The molecule has 5 rings (SSSR count). The summed E-state index contributed by atoms with van der Waals surface area (Å²) in [6.45, 7) is 7.37. The number of rotatable bonds is 8. The van der Waals surface area contributed by atoms with Gasteiger partial charge in [-0.15, -0.1) is 0 Å². The van der Waals surface area contributed by atoms with Crippen LogP contribution < -0.4 is 20.9 Å². The van der Waals surface area contributed by atoms with Crippen molar-refractivity contribution in [1.82, 2.24) is 9.80 Å². The molecule has 7 nitrogen and oxygen atoms in total. The molecule has 0 radical (unpaired) electrons. The van der Waals surface area contributed by atoms with Gasteiger partial charge >= 0.3 is 0 Å². The topological polar surface area (TPSA) is 94.0 Å². The second kappa shape index (κ2) is 10.2. The van der Waals surface area contributed by atoms with E-state index in [1.165, 1.54) is 38.5 Å². The molecule has 4 N–H and O–H groups in total. The van der Waals surface area contributed by atoms with E-state index in [1.807, 2.05) is 12.1 Å². The summed E-state index contributed by atoms with van der Waals surface area (Å²) in [7, 11) is 0. The Morgan fingerprint density at radius 2 is 1.03 bits per heavy atom. The highest BCUT2D eigenvalue weighted by molar-refractivity contribution is 6.22. The summed E-state index contributed by atoms with van der Waals surface area (Å²) in [6.07, 6.45) is 7.63. The minimum atomic E-state index is -0.0354. The largest absolute Gasteiger partial charge is 0.490 e. The quantitative estimate of drug-likeness (QED) is 0.490. The minimum absolute atomic E-state index is 0.0354. The SMILES string of the molecule is Nc1cc2c(cc1OCCN1CCCCC1)C(=O)c1cc(OCCN3CCCCC3)c(N)cc1-2. The molecule has 2 saturated heterocycles. The zero-order valence-corrected chi connectivity index (χ0v) is 20.0. The molecule has 0 spiro atoms. The first-order valence-corrected chi connectivity index (χ1v) is 12.7. The molecule has 2 aromatic rings. The minimum Gasteiger partial charge on any atom is -0.490 e. The van der Waals surface area contributed by atoms with Crippen molar-refractivity contribution in [3.63, 3.8) is 0 Å². The highest BCUT2D eigenvalue weighted by Crippen LogP contribution is 2.44. The molecule has 2 heterocycles. The lowest BCUT2D eigenvalue weighted by Crippen LogP contribution is -2.33. The average molecular weight is 465 g/mol. The number of nitrogen functional groups attached to an aromatic ring is 2. The summed E-state index contributed by atoms with van der Waals surface area (Å²) in [5.41, 5.74) is 16.6. The van der Waals surface area contributed by atoms with Crippen LogP contribution in [0.1, 0.15) is 54.4 Å². The second-order valence-corrected chi connectivity index (χ2v) is 9.70. The Morgan fingerprint density at radius 3 is 1.44 bits per heavy atom. The lowest BCUT2D eigenvalue weighted by atomic mass is 10.0. The Kier molecular flexibility index (Phi) is 6.92. The highest BCUT2D eigenvalue weighted by Gasteiger charge is 2.30. The molecule has 2 aromatic carbocycles. The van der Waals surface area contributed by atoms with Gasteiger partial charge in [0.15, 0.2) is 5.78 Å². The molecule has 1 aliphatic carbocycles. The van der Waals surface area contributed by atoms with Crippen LogP contribution >= 0.6 is 0 Å². The lowest BCUT2D eigenvalue weighted by Gasteiger charge is -2.26. The number of ketones is 1. The fourth-order valence-corrected chi connectivity index (χ4v) is 5.35. The number of fused-ring (bicyclic) bond motifs is 3. The fraction of sp³-hybridized carbons (Fsp3) is 0.519. The normalized spacial score (nSPS) is 18.5. The van der Waals surface area contributed by atoms with Crippen LogP contribution in [0.25, 0.3) is 11.1 Å². The first-order valence-electron chi connectivity index (χ1n) is 12.7. The van der Waals surface area contributed by atoms with E-state index in [0.717, 1.165) is 50.4 Å². The summed E-state index contributed by atoms with van der Waals surface area (Å²) < 4.78 is 12.0. The molecule has 0 atom stereocenters. The second-order valence-electron chi connectivity index (χ2n) is 9.70. The van der Waals surface area contributed by atoms with E-state index in [9.17, 15) is 4.79 Å². The maximum atomic E-state index is 13.2.